The maximum absolute atomic E-state index is 12.7. The van der Waals surface area contributed by atoms with E-state index in [1.165, 1.54) is 29.5 Å². The molecule has 2 aromatic rings. The minimum atomic E-state index is 0.201. The van der Waals surface area contributed by atoms with E-state index in [9.17, 15) is 4.79 Å². The summed E-state index contributed by atoms with van der Waals surface area (Å²) in [6.07, 6.45) is 7.09. The molecule has 1 N–H and O–H groups in total. The normalized spacial score (nSPS) is 18.5. The minimum Gasteiger partial charge on any atom is -0.358 e. The molecule has 1 aliphatic carbocycles. The van der Waals surface area contributed by atoms with Crippen molar-refractivity contribution in [2.24, 2.45) is 0 Å². The predicted octanol–water partition coefficient (Wildman–Crippen LogP) is 3.28. The molecule has 1 aromatic carbocycles. The van der Waals surface area contributed by atoms with Crippen LogP contribution in [0, 0.1) is 0 Å². The molecule has 2 heterocycles. The fourth-order valence-electron chi connectivity index (χ4n) is 3.70. The van der Waals surface area contributed by atoms with Crippen molar-refractivity contribution in [3.8, 4) is 0 Å². The molecule has 0 bridgehead atoms. The lowest BCUT2D eigenvalue weighted by Gasteiger charge is -2.15. The molecule has 104 valence electrons. The first kappa shape index (κ1) is 12.0. The van der Waals surface area contributed by atoms with Crippen molar-refractivity contribution in [3.63, 3.8) is 0 Å². The molecule has 3 nitrogen and oxygen atoms in total. The number of nitrogens with one attached hydrogen (secondary N) is 1. The maximum atomic E-state index is 12.7. The van der Waals surface area contributed by atoms with Crippen molar-refractivity contribution in [2.75, 3.05) is 13.1 Å². The van der Waals surface area contributed by atoms with Gasteiger partial charge in [0.25, 0.3) is 5.91 Å². The Bertz CT molecular complexity index is 665. The predicted molar refractivity (Wildman–Crippen MR) is 80.1 cm³/mol. The van der Waals surface area contributed by atoms with E-state index >= 15 is 0 Å². The van der Waals surface area contributed by atoms with Crippen LogP contribution in [0.1, 0.15) is 47.3 Å². The molecule has 20 heavy (non-hydrogen) atoms. The molecular weight excluding hydrogens is 248 g/mol. The molecule has 1 saturated heterocycles. The number of aryl methyl sites for hydroxylation is 2. The lowest BCUT2D eigenvalue weighted by Crippen LogP contribution is -2.27. The molecule has 1 aliphatic heterocycles. The number of aromatic amines is 1. The molecule has 0 radical (unpaired) electrons. The van der Waals surface area contributed by atoms with Crippen molar-refractivity contribution in [2.45, 2.75) is 38.5 Å². The SMILES string of the molecule is O=C(c1cccc2c3c([nH]c12)CCCC3)N1CCCC1. The second kappa shape index (κ2) is 4.65. The molecule has 4 rings (SSSR count). The Morgan fingerprint density at radius 1 is 1.05 bits per heavy atom. The topological polar surface area (TPSA) is 36.1 Å². The van der Waals surface area contributed by atoms with E-state index in [2.05, 4.69) is 11.1 Å². The number of nitrogens with zero attached hydrogens (tertiary/aromatic N) is 1. The van der Waals surface area contributed by atoms with Crippen LogP contribution in [0.2, 0.25) is 0 Å². The fraction of sp³-hybridized carbons (Fsp3) is 0.471. The van der Waals surface area contributed by atoms with E-state index in [4.69, 9.17) is 0 Å². The van der Waals surface area contributed by atoms with Gasteiger partial charge in [-0.05, 0) is 50.2 Å². The third-order valence-corrected chi connectivity index (χ3v) is 4.76. The van der Waals surface area contributed by atoms with Crippen molar-refractivity contribution in [1.82, 2.24) is 9.88 Å². The molecule has 3 heteroatoms. The van der Waals surface area contributed by atoms with Gasteiger partial charge in [-0.25, -0.2) is 0 Å². The summed E-state index contributed by atoms with van der Waals surface area (Å²) in [4.78, 5) is 18.2. The van der Waals surface area contributed by atoms with Gasteiger partial charge in [0, 0.05) is 24.2 Å². The monoisotopic (exact) mass is 268 g/mol. The highest BCUT2D eigenvalue weighted by molar-refractivity contribution is 6.06. The Balaban J connectivity index is 1.83. The molecule has 2 aliphatic rings. The Kier molecular flexibility index (Phi) is 2.79. The summed E-state index contributed by atoms with van der Waals surface area (Å²) in [6, 6.07) is 6.18. The van der Waals surface area contributed by atoms with Gasteiger partial charge in [-0.15, -0.1) is 0 Å². The van der Waals surface area contributed by atoms with Crippen LogP contribution in [0.25, 0.3) is 10.9 Å². The van der Waals surface area contributed by atoms with E-state index in [0.717, 1.165) is 49.9 Å². The number of amides is 1. The van der Waals surface area contributed by atoms with E-state index < -0.39 is 0 Å². The summed E-state index contributed by atoms with van der Waals surface area (Å²) in [5.41, 5.74) is 4.73. The number of rotatable bonds is 1. The van der Waals surface area contributed by atoms with Crippen molar-refractivity contribution in [3.05, 3.63) is 35.0 Å². The van der Waals surface area contributed by atoms with Gasteiger partial charge in [0.1, 0.15) is 0 Å². The van der Waals surface area contributed by atoms with Gasteiger partial charge < -0.3 is 9.88 Å². The van der Waals surface area contributed by atoms with Crippen LogP contribution in [0.3, 0.4) is 0 Å². The second-order valence-corrected chi connectivity index (χ2v) is 6.02. The molecule has 0 unspecified atom stereocenters. The van der Waals surface area contributed by atoms with Gasteiger partial charge in [-0.3, -0.25) is 4.79 Å². The quantitative estimate of drug-likeness (QED) is 0.846. The fourth-order valence-corrected chi connectivity index (χ4v) is 3.70. The van der Waals surface area contributed by atoms with Crippen LogP contribution in [-0.4, -0.2) is 28.9 Å². The van der Waals surface area contributed by atoms with E-state index in [0.29, 0.717) is 0 Å². The van der Waals surface area contributed by atoms with Crippen molar-refractivity contribution >= 4 is 16.8 Å². The van der Waals surface area contributed by atoms with Crippen LogP contribution in [-0.2, 0) is 12.8 Å². The lowest BCUT2D eigenvalue weighted by molar-refractivity contribution is 0.0794. The molecule has 0 saturated carbocycles. The highest BCUT2D eigenvalue weighted by Crippen LogP contribution is 2.31. The first-order valence-corrected chi connectivity index (χ1v) is 7.76. The molecular formula is C17H20N2O. The number of para-hydroxylation sites is 1. The molecule has 0 spiro atoms. The summed E-state index contributed by atoms with van der Waals surface area (Å²) >= 11 is 0. The number of H-pyrrole nitrogens is 1. The number of benzene rings is 1. The first-order valence-electron chi connectivity index (χ1n) is 7.76. The van der Waals surface area contributed by atoms with Crippen LogP contribution in [0.15, 0.2) is 18.2 Å². The summed E-state index contributed by atoms with van der Waals surface area (Å²) in [5, 5.41) is 1.27. The zero-order valence-corrected chi connectivity index (χ0v) is 11.7. The van der Waals surface area contributed by atoms with Gasteiger partial charge >= 0.3 is 0 Å². The smallest absolute Gasteiger partial charge is 0.255 e. The Labute approximate surface area is 119 Å². The highest BCUT2D eigenvalue weighted by Gasteiger charge is 2.23. The van der Waals surface area contributed by atoms with Crippen molar-refractivity contribution in [1.29, 1.82) is 0 Å². The number of carbonyl (C=O) groups excluding carboxylic acids is 1. The van der Waals surface area contributed by atoms with Gasteiger partial charge in [0.2, 0.25) is 0 Å². The van der Waals surface area contributed by atoms with Gasteiger partial charge in [0.05, 0.1) is 11.1 Å². The van der Waals surface area contributed by atoms with Crippen molar-refractivity contribution < 1.29 is 4.79 Å². The third kappa shape index (κ3) is 1.76. The van der Waals surface area contributed by atoms with E-state index in [1.807, 2.05) is 17.0 Å². The number of hydrogen-bond acceptors (Lipinski definition) is 1. The number of carbonyl (C=O) groups is 1. The van der Waals surface area contributed by atoms with Crippen LogP contribution < -0.4 is 0 Å². The Morgan fingerprint density at radius 3 is 2.70 bits per heavy atom. The molecule has 1 fully saturated rings. The lowest BCUT2D eigenvalue weighted by atomic mass is 9.95. The van der Waals surface area contributed by atoms with E-state index in [1.54, 1.807) is 0 Å². The molecule has 1 amide bonds. The Morgan fingerprint density at radius 2 is 1.85 bits per heavy atom. The number of likely N-dealkylation sites (tertiary alicyclic amines) is 1. The zero-order valence-electron chi connectivity index (χ0n) is 11.7. The molecule has 1 aromatic heterocycles. The minimum absolute atomic E-state index is 0.201. The average Bonchev–Trinajstić information content (AvgIpc) is 3.13. The zero-order chi connectivity index (χ0) is 13.5. The van der Waals surface area contributed by atoms with Crippen LogP contribution in [0.4, 0.5) is 0 Å². The average molecular weight is 268 g/mol. The van der Waals surface area contributed by atoms with E-state index in [-0.39, 0.29) is 5.91 Å². The maximum Gasteiger partial charge on any atom is 0.255 e. The second-order valence-electron chi connectivity index (χ2n) is 6.02. The standard InChI is InChI=1S/C17H20N2O/c20-17(19-10-3-4-11-19)14-8-5-7-13-12-6-1-2-9-15(12)18-16(13)14/h5,7-8,18H,1-4,6,9-11H2. The number of fused-ring (bicyclic) bond motifs is 3. The summed E-state index contributed by atoms with van der Waals surface area (Å²) in [7, 11) is 0. The van der Waals surface area contributed by atoms with Gasteiger partial charge in [0.15, 0.2) is 0 Å². The largest absolute Gasteiger partial charge is 0.358 e. The molecule has 0 atom stereocenters. The number of aromatic nitrogens is 1. The summed E-state index contributed by atoms with van der Waals surface area (Å²) in [5.74, 6) is 0.201. The highest BCUT2D eigenvalue weighted by atomic mass is 16.2. The summed E-state index contributed by atoms with van der Waals surface area (Å²) in [6.45, 7) is 1.82. The Hall–Kier alpha value is -1.77. The summed E-state index contributed by atoms with van der Waals surface area (Å²) < 4.78 is 0. The van der Waals surface area contributed by atoms with Crippen LogP contribution in [0.5, 0.6) is 0 Å². The van der Waals surface area contributed by atoms with Crippen LogP contribution >= 0.6 is 0 Å². The van der Waals surface area contributed by atoms with Gasteiger partial charge in [-0.2, -0.15) is 0 Å². The van der Waals surface area contributed by atoms with Gasteiger partial charge in [-0.1, -0.05) is 12.1 Å². The number of hydrogen-bond donors (Lipinski definition) is 1. The third-order valence-electron chi connectivity index (χ3n) is 4.76. The first-order chi connectivity index (χ1) is 9.84.